The molecule has 3 heteroatoms. The average molecular weight is 244 g/mol. The molecule has 1 aromatic rings. The minimum Gasteiger partial charge on any atom is -0.359 e. The van der Waals surface area contributed by atoms with Gasteiger partial charge in [-0.2, -0.15) is 0 Å². The third kappa shape index (κ3) is 2.45. The van der Waals surface area contributed by atoms with Crippen LogP contribution in [0.25, 0.3) is 0 Å². The van der Waals surface area contributed by atoms with Gasteiger partial charge in [-0.15, -0.1) is 0 Å². The van der Waals surface area contributed by atoms with Gasteiger partial charge in [-0.05, 0) is 30.9 Å². The lowest BCUT2D eigenvalue weighted by Crippen LogP contribution is -2.33. The van der Waals surface area contributed by atoms with Crippen molar-refractivity contribution in [2.75, 3.05) is 7.05 Å². The monoisotopic (exact) mass is 244 g/mol. The Kier molecular flexibility index (Phi) is 3.50. The lowest BCUT2D eigenvalue weighted by molar-refractivity contribution is -0.119. The van der Waals surface area contributed by atoms with E-state index in [9.17, 15) is 4.79 Å². The molecule has 1 aliphatic rings. The number of rotatable bonds is 3. The molecule has 96 valence electrons. The van der Waals surface area contributed by atoms with Gasteiger partial charge in [0.15, 0.2) is 0 Å². The number of nitrogens with zero attached hydrogens (tertiary/aromatic N) is 1. The predicted molar refractivity (Wildman–Crippen MR) is 74.1 cm³/mol. The van der Waals surface area contributed by atoms with Gasteiger partial charge in [0, 0.05) is 7.05 Å². The minimum absolute atomic E-state index is 0.0175. The van der Waals surface area contributed by atoms with E-state index < -0.39 is 0 Å². The summed E-state index contributed by atoms with van der Waals surface area (Å²) in [5.74, 6) is 0.0175. The quantitative estimate of drug-likeness (QED) is 0.871. The van der Waals surface area contributed by atoms with Gasteiger partial charge in [-0.1, -0.05) is 31.2 Å². The maximum Gasteiger partial charge on any atom is 0.225 e. The minimum atomic E-state index is -0.0717. The van der Waals surface area contributed by atoms with Crippen LogP contribution in [0.2, 0.25) is 0 Å². The highest BCUT2D eigenvalue weighted by molar-refractivity contribution is 6.12. The summed E-state index contributed by atoms with van der Waals surface area (Å²) in [4.78, 5) is 16.4. The maximum atomic E-state index is 11.6. The number of fused-ring (bicyclic) bond motifs is 1. The van der Waals surface area contributed by atoms with Crippen LogP contribution in [0.5, 0.6) is 0 Å². The molecule has 0 saturated heterocycles. The average Bonchev–Trinajstić information content (AvgIpc) is 2.38. The van der Waals surface area contributed by atoms with Gasteiger partial charge in [-0.3, -0.25) is 9.79 Å². The van der Waals surface area contributed by atoms with Crippen LogP contribution >= 0.6 is 0 Å². The Labute approximate surface area is 108 Å². The van der Waals surface area contributed by atoms with Crippen molar-refractivity contribution in [1.82, 2.24) is 5.32 Å². The summed E-state index contributed by atoms with van der Waals surface area (Å²) in [6.07, 6.45) is 2.30. The van der Waals surface area contributed by atoms with Crippen LogP contribution in [0.15, 0.2) is 29.3 Å². The zero-order valence-electron chi connectivity index (χ0n) is 11.3. The van der Waals surface area contributed by atoms with Crippen LogP contribution < -0.4 is 5.32 Å². The van der Waals surface area contributed by atoms with Crippen LogP contribution in [-0.4, -0.2) is 24.2 Å². The van der Waals surface area contributed by atoms with Crippen LogP contribution in [-0.2, 0) is 11.2 Å². The normalized spacial score (nSPS) is 22.1. The van der Waals surface area contributed by atoms with E-state index >= 15 is 0 Å². The Hall–Kier alpha value is -1.64. The second-order valence-electron chi connectivity index (χ2n) is 5.09. The SMILES string of the molecule is CC[C@@]1(C)Cc2ccccc2C(CC(=O)NC)=N1. The fourth-order valence-electron chi connectivity index (χ4n) is 2.37. The Bertz CT molecular complexity index is 493. The van der Waals surface area contributed by atoms with E-state index in [0.29, 0.717) is 6.42 Å². The third-order valence-corrected chi connectivity index (χ3v) is 3.67. The van der Waals surface area contributed by atoms with E-state index in [2.05, 4.69) is 37.4 Å². The molecule has 0 fully saturated rings. The fourth-order valence-corrected chi connectivity index (χ4v) is 2.37. The first-order valence-corrected chi connectivity index (χ1v) is 6.45. The zero-order valence-corrected chi connectivity index (χ0v) is 11.3. The summed E-state index contributed by atoms with van der Waals surface area (Å²) in [5.41, 5.74) is 3.28. The van der Waals surface area contributed by atoms with Crippen LogP contribution in [0.1, 0.15) is 37.8 Å². The molecule has 2 rings (SSSR count). The lowest BCUT2D eigenvalue weighted by atomic mass is 9.83. The molecule has 0 saturated carbocycles. The number of nitrogens with one attached hydrogen (secondary N) is 1. The number of carbonyl (C=O) groups excluding carboxylic acids is 1. The molecule has 0 unspecified atom stereocenters. The van der Waals surface area contributed by atoms with E-state index in [-0.39, 0.29) is 11.4 Å². The Morgan fingerprint density at radius 1 is 1.44 bits per heavy atom. The molecule has 0 aliphatic carbocycles. The number of hydrogen-bond acceptors (Lipinski definition) is 2. The fraction of sp³-hybridized carbons (Fsp3) is 0.467. The van der Waals surface area contributed by atoms with E-state index in [1.807, 2.05) is 6.07 Å². The topological polar surface area (TPSA) is 41.5 Å². The van der Waals surface area contributed by atoms with Gasteiger partial charge >= 0.3 is 0 Å². The molecule has 0 aromatic heterocycles. The number of amides is 1. The zero-order chi connectivity index (χ0) is 13.2. The van der Waals surface area contributed by atoms with Crippen molar-refractivity contribution in [3.63, 3.8) is 0 Å². The molecule has 0 bridgehead atoms. The van der Waals surface area contributed by atoms with Gasteiger partial charge in [0.25, 0.3) is 0 Å². The van der Waals surface area contributed by atoms with Crippen molar-refractivity contribution >= 4 is 11.6 Å². The van der Waals surface area contributed by atoms with E-state index in [1.54, 1.807) is 7.05 Å². The largest absolute Gasteiger partial charge is 0.359 e. The second-order valence-corrected chi connectivity index (χ2v) is 5.09. The molecular formula is C15H20N2O. The van der Waals surface area contributed by atoms with Gasteiger partial charge in [-0.25, -0.2) is 0 Å². The molecule has 1 aliphatic heterocycles. The molecular weight excluding hydrogens is 224 g/mol. The maximum absolute atomic E-state index is 11.6. The number of carbonyl (C=O) groups is 1. The summed E-state index contributed by atoms with van der Waals surface area (Å²) in [5, 5.41) is 2.67. The molecule has 0 radical (unpaired) electrons. The Morgan fingerprint density at radius 3 is 2.83 bits per heavy atom. The van der Waals surface area contributed by atoms with Gasteiger partial charge in [0.2, 0.25) is 5.91 Å². The summed E-state index contributed by atoms with van der Waals surface area (Å²) in [6, 6.07) is 8.26. The van der Waals surface area contributed by atoms with Gasteiger partial charge < -0.3 is 5.32 Å². The van der Waals surface area contributed by atoms with Crippen molar-refractivity contribution < 1.29 is 4.79 Å². The molecule has 1 atom stereocenters. The van der Waals surface area contributed by atoms with Crippen LogP contribution in [0.3, 0.4) is 0 Å². The molecule has 1 heterocycles. The van der Waals surface area contributed by atoms with Crippen molar-refractivity contribution in [1.29, 1.82) is 0 Å². The van der Waals surface area contributed by atoms with Crippen molar-refractivity contribution in [3.05, 3.63) is 35.4 Å². The summed E-state index contributed by atoms with van der Waals surface area (Å²) in [6.45, 7) is 4.31. The first-order valence-electron chi connectivity index (χ1n) is 6.45. The summed E-state index contributed by atoms with van der Waals surface area (Å²) in [7, 11) is 1.66. The Balaban J connectivity index is 2.41. The standard InChI is InChI=1S/C15H20N2O/c1-4-15(2)10-11-7-5-6-8-12(11)13(17-15)9-14(18)16-3/h5-8H,4,9-10H2,1-3H3,(H,16,18)/t15-/m0/s1. The summed E-state index contributed by atoms with van der Waals surface area (Å²) >= 11 is 0. The molecule has 1 amide bonds. The third-order valence-electron chi connectivity index (χ3n) is 3.67. The van der Waals surface area contributed by atoms with E-state index in [0.717, 1.165) is 24.1 Å². The molecule has 18 heavy (non-hydrogen) atoms. The summed E-state index contributed by atoms with van der Waals surface area (Å²) < 4.78 is 0. The van der Waals surface area contributed by atoms with Crippen LogP contribution in [0.4, 0.5) is 0 Å². The van der Waals surface area contributed by atoms with Crippen LogP contribution in [0, 0.1) is 0 Å². The highest BCUT2D eigenvalue weighted by Crippen LogP contribution is 2.30. The molecule has 0 spiro atoms. The highest BCUT2D eigenvalue weighted by Gasteiger charge is 2.29. The lowest BCUT2D eigenvalue weighted by Gasteiger charge is -2.31. The predicted octanol–water partition coefficient (Wildman–Crippen LogP) is 2.34. The van der Waals surface area contributed by atoms with E-state index in [4.69, 9.17) is 4.99 Å². The second kappa shape index (κ2) is 4.92. The smallest absolute Gasteiger partial charge is 0.225 e. The highest BCUT2D eigenvalue weighted by atomic mass is 16.1. The number of hydrogen-bond donors (Lipinski definition) is 1. The van der Waals surface area contributed by atoms with E-state index in [1.165, 1.54) is 5.56 Å². The first kappa shape index (κ1) is 12.8. The van der Waals surface area contributed by atoms with Gasteiger partial charge in [0.1, 0.15) is 0 Å². The molecule has 1 aromatic carbocycles. The first-order chi connectivity index (χ1) is 8.58. The van der Waals surface area contributed by atoms with Crippen molar-refractivity contribution in [3.8, 4) is 0 Å². The Morgan fingerprint density at radius 2 is 2.17 bits per heavy atom. The molecule has 3 nitrogen and oxygen atoms in total. The van der Waals surface area contributed by atoms with Gasteiger partial charge in [0.05, 0.1) is 17.7 Å². The van der Waals surface area contributed by atoms with Crippen molar-refractivity contribution in [2.45, 2.75) is 38.6 Å². The number of benzene rings is 1. The van der Waals surface area contributed by atoms with Crippen molar-refractivity contribution in [2.24, 2.45) is 4.99 Å². The number of aliphatic imine (C=N–C) groups is 1. The molecule has 1 N–H and O–H groups in total.